The van der Waals surface area contributed by atoms with Gasteiger partial charge in [0.25, 0.3) is 0 Å². The van der Waals surface area contributed by atoms with E-state index in [1.54, 1.807) is 12.6 Å². The predicted octanol–water partition coefficient (Wildman–Crippen LogP) is 3.52. The van der Waals surface area contributed by atoms with E-state index in [4.69, 9.17) is 4.74 Å². The third-order valence-electron chi connectivity index (χ3n) is 5.78. The number of halogens is 1. The lowest BCUT2D eigenvalue weighted by Crippen LogP contribution is -2.38. The molecule has 0 saturated carbocycles. The maximum Gasteiger partial charge on any atom is 0.225 e. The van der Waals surface area contributed by atoms with Crippen LogP contribution in [0.1, 0.15) is 44.1 Å². The summed E-state index contributed by atoms with van der Waals surface area (Å²) in [5.41, 5.74) is 3.49. The molecule has 0 unspecified atom stereocenters. The van der Waals surface area contributed by atoms with Crippen molar-refractivity contribution < 1.29 is 9.53 Å². The standard InChI is InChI=1S/C24H37N5O2.HI/c1-25-24(26-12-10-20-6-3-2-4-7-20)27-19-21-8-5-9-22(18-21)28-23(30)11-13-29-14-16-31-17-15-29;/h5-6,8-9,18H,2-4,7,10-17,19H2,1H3,(H,28,30)(H2,25,26,27);1H. The monoisotopic (exact) mass is 555 g/mol. The maximum absolute atomic E-state index is 12.3. The number of guanidine groups is 1. The molecule has 8 heteroatoms. The third kappa shape index (κ3) is 9.87. The largest absolute Gasteiger partial charge is 0.379 e. The van der Waals surface area contributed by atoms with Crippen molar-refractivity contribution in [2.45, 2.75) is 45.1 Å². The molecule has 178 valence electrons. The van der Waals surface area contributed by atoms with Crippen molar-refractivity contribution in [3.05, 3.63) is 41.5 Å². The first-order valence-corrected chi connectivity index (χ1v) is 11.5. The number of allylic oxidation sites excluding steroid dienone is 1. The zero-order valence-electron chi connectivity index (χ0n) is 19.2. The van der Waals surface area contributed by atoms with E-state index in [0.717, 1.165) is 63.0 Å². The van der Waals surface area contributed by atoms with Gasteiger partial charge in [-0.2, -0.15) is 0 Å². The van der Waals surface area contributed by atoms with E-state index >= 15 is 0 Å². The molecular formula is C24H38IN5O2. The molecule has 0 radical (unpaired) electrons. The van der Waals surface area contributed by atoms with E-state index in [1.165, 1.54) is 25.7 Å². The van der Waals surface area contributed by atoms with Crippen LogP contribution in [0.25, 0.3) is 0 Å². The average Bonchev–Trinajstić information content (AvgIpc) is 2.81. The average molecular weight is 556 g/mol. The third-order valence-corrected chi connectivity index (χ3v) is 5.78. The number of morpholine rings is 1. The Balaban J connectivity index is 0.00000363. The molecule has 2 aliphatic rings. The van der Waals surface area contributed by atoms with E-state index in [0.29, 0.717) is 13.0 Å². The fraction of sp³-hybridized carbons (Fsp3) is 0.583. The number of amides is 1. The molecule has 1 aromatic carbocycles. The van der Waals surface area contributed by atoms with Crippen molar-refractivity contribution in [2.24, 2.45) is 4.99 Å². The van der Waals surface area contributed by atoms with E-state index < -0.39 is 0 Å². The molecule has 7 nitrogen and oxygen atoms in total. The van der Waals surface area contributed by atoms with Crippen LogP contribution in [0, 0.1) is 0 Å². The van der Waals surface area contributed by atoms with Crippen molar-refractivity contribution in [1.82, 2.24) is 15.5 Å². The Kier molecular flexibility index (Phi) is 12.7. The van der Waals surface area contributed by atoms with Crippen molar-refractivity contribution in [2.75, 3.05) is 51.8 Å². The summed E-state index contributed by atoms with van der Waals surface area (Å²) in [5, 5.41) is 9.77. The molecule has 1 aliphatic carbocycles. The first kappa shape index (κ1) is 26.6. The second-order valence-electron chi connectivity index (χ2n) is 8.16. The number of hydrogen-bond donors (Lipinski definition) is 3. The molecule has 1 aliphatic heterocycles. The van der Waals surface area contributed by atoms with Crippen LogP contribution in [0.3, 0.4) is 0 Å². The van der Waals surface area contributed by atoms with Crippen molar-refractivity contribution in [3.63, 3.8) is 0 Å². The molecule has 1 aromatic rings. The summed E-state index contributed by atoms with van der Waals surface area (Å²) >= 11 is 0. The molecule has 1 heterocycles. The highest BCUT2D eigenvalue weighted by Gasteiger charge is 2.12. The molecule has 3 N–H and O–H groups in total. The van der Waals surface area contributed by atoms with E-state index in [9.17, 15) is 4.79 Å². The van der Waals surface area contributed by atoms with E-state index in [-0.39, 0.29) is 29.9 Å². The first-order chi connectivity index (χ1) is 15.2. The highest BCUT2D eigenvalue weighted by molar-refractivity contribution is 14.0. The summed E-state index contributed by atoms with van der Waals surface area (Å²) in [6, 6.07) is 7.97. The SMILES string of the molecule is CN=C(NCCC1=CCCCC1)NCc1cccc(NC(=O)CCN2CCOCC2)c1.I. The number of carbonyl (C=O) groups is 1. The second-order valence-corrected chi connectivity index (χ2v) is 8.16. The first-order valence-electron chi connectivity index (χ1n) is 11.5. The van der Waals surface area contributed by atoms with Gasteiger partial charge in [-0.15, -0.1) is 24.0 Å². The number of nitrogens with zero attached hydrogens (tertiary/aromatic N) is 2. The topological polar surface area (TPSA) is 78.0 Å². The minimum Gasteiger partial charge on any atom is -0.379 e. The van der Waals surface area contributed by atoms with Gasteiger partial charge < -0.3 is 20.7 Å². The van der Waals surface area contributed by atoms with Crippen LogP contribution < -0.4 is 16.0 Å². The van der Waals surface area contributed by atoms with Crippen LogP contribution in [0.4, 0.5) is 5.69 Å². The molecule has 0 spiro atoms. The van der Waals surface area contributed by atoms with Gasteiger partial charge in [0.05, 0.1) is 13.2 Å². The minimum absolute atomic E-state index is 0. The van der Waals surface area contributed by atoms with Crippen molar-refractivity contribution in [3.8, 4) is 0 Å². The van der Waals surface area contributed by atoms with Gasteiger partial charge in [-0.3, -0.25) is 14.7 Å². The molecule has 1 saturated heterocycles. The van der Waals surface area contributed by atoms with Crippen LogP contribution in [0.5, 0.6) is 0 Å². The number of ether oxygens (including phenoxy) is 1. The zero-order chi connectivity index (χ0) is 21.7. The molecule has 3 rings (SSSR count). The molecule has 0 bridgehead atoms. The van der Waals surface area contributed by atoms with Crippen molar-refractivity contribution in [1.29, 1.82) is 0 Å². The van der Waals surface area contributed by atoms with Crippen LogP contribution in [0.15, 0.2) is 40.9 Å². The molecule has 1 amide bonds. The summed E-state index contributed by atoms with van der Waals surface area (Å²) in [5.74, 6) is 0.849. The summed E-state index contributed by atoms with van der Waals surface area (Å²) in [7, 11) is 1.79. The second kappa shape index (κ2) is 15.2. The van der Waals surface area contributed by atoms with Gasteiger partial charge in [0.2, 0.25) is 5.91 Å². The highest BCUT2D eigenvalue weighted by atomic mass is 127. The Labute approximate surface area is 209 Å². The maximum atomic E-state index is 12.3. The quantitative estimate of drug-likeness (QED) is 0.188. The Morgan fingerprint density at radius 3 is 2.78 bits per heavy atom. The van der Waals surface area contributed by atoms with Gasteiger partial charge in [-0.1, -0.05) is 23.8 Å². The summed E-state index contributed by atoms with van der Waals surface area (Å²) in [6.45, 7) is 5.64. The van der Waals surface area contributed by atoms with Gasteiger partial charge in [-0.05, 0) is 49.8 Å². The van der Waals surface area contributed by atoms with Gasteiger partial charge in [0, 0.05) is 51.9 Å². The zero-order valence-corrected chi connectivity index (χ0v) is 21.5. The Morgan fingerprint density at radius 2 is 2.03 bits per heavy atom. The normalized spacial score (nSPS) is 17.2. The van der Waals surface area contributed by atoms with Gasteiger partial charge in [-0.25, -0.2) is 0 Å². The van der Waals surface area contributed by atoms with Crippen molar-refractivity contribution >= 4 is 41.5 Å². The lowest BCUT2D eigenvalue weighted by atomic mass is 9.97. The number of carbonyl (C=O) groups excluding carboxylic acids is 1. The lowest BCUT2D eigenvalue weighted by molar-refractivity contribution is -0.116. The van der Waals surface area contributed by atoms with Gasteiger partial charge >= 0.3 is 0 Å². The number of hydrogen-bond acceptors (Lipinski definition) is 4. The van der Waals surface area contributed by atoms with Gasteiger partial charge in [0.1, 0.15) is 0 Å². The van der Waals surface area contributed by atoms with Gasteiger partial charge in [0.15, 0.2) is 5.96 Å². The van der Waals surface area contributed by atoms with E-state index in [1.807, 2.05) is 18.2 Å². The number of nitrogens with one attached hydrogen (secondary N) is 3. The molecule has 0 aromatic heterocycles. The van der Waals surface area contributed by atoms with Crippen LogP contribution in [-0.2, 0) is 16.1 Å². The molecular weight excluding hydrogens is 517 g/mol. The fourth-order valence-electron chi connectivity index (χ4n) is 3.95. The molecule has 32 heavy (non-hydrogen) atoms. The van der Waals surface area contributed by atoms with Crippen LogP contribution >= 0.6 is 24.0 Å². The number of anilines is 1. The van der Waals surface area contributed by atoms with E-state index in [2.05, 4.69) is 38.0 Å². The molecule has 0 atom stereocenters. The number of rotatable bonds is 9. The number of aliphatic imine (C=N–C) groups is 1. The number of benzene rings is 1. The Hall–Kier alpha value is -1.65. The summed E-state index contributed by atoms with van der Waals surface area (Å²) < 4.78 is 5.35. The lowest BCUT2D eigenvalue weighted by Gasteiger charge is -2.26. The minimum atomic E-state index is 0. The summed E-state index contributed by atoms with van der Waals surface area (Å²) in [4.78, 5) is 18.9. The molecule has 1 fully saturated rings. The Morgan fingerprint density at radius 1 is 1.19 bits per heavy atom. The van der Waals surface area contributed by atoms with Crippen LogP contribution in [-0.4, -0.2) is 63.2 Å². The highest BCUT2D eigenvalue weighted by Crippen LogP contribution is 2.19. The smallest absolute Gasteiger partial charge is 0.225 e. The summed E-state index contributed by atoms with van der Waals surface area (Å²) in [6.07, 6.45) is 9.07. The predicted molar refractivity (Wildman–Crippen MR) is 142 cm³/mol. The fourth-order valence-corrected chi connectivity index (χ4v) is 3.95. The Bertz CT molecular complexity index is 763. The van der Waals surface area contributed by atoms with Crippen LogP contribution in [0.2, 0.25) is 0 Å².